The van der Waals surface area contributed by atoms with Crippen LogP contribution >= 0.6 is 0 Å². The molecule has 1 aromatic rings. The minimum absolute atomic E-state index is 0.526. The third-order valence-corrected chi connectivity index (χ3v) is 3.80. The molecule has 0 aliphatic heterocycles. The van der Waals surface area contributed by atoms with E-state index in [-0.39, 0.29) is 0 Å². The van der Waals surface area contributed by atoms with Crippen molar-refractivity contribution in [1.29, 1.82) is 0 Å². The van der Waals surface area contributed by atoms with Gasteiger partial charge in [0.15, 0.2) is 0 Å². The van der Waals surface area contributed by atoms with Crippen molar-refractivity contribution in [2.75, 3.05) is 7.05 Å². The Kier molecular flexibility index (Phi) is 8.47. The molecule has 1 aromatic heterocycles. The summed E-state index contributed by atoms with van der Waals surface area (Å²) in [7, 11) is 4.01. The largest absolute Gasteiger partial charge is 0.317 e. The summed E-state index contributed by atoms with van der Waals surface area (Å²) in [6.45, 7) is 2.27. The van der Waals surface area contributed by atoms with E-state index in [2.05, 4.69) is 22.3 Å². The van der Waals surface area contributed by atoms with E-state index in [1.54, 1.807) is 6.33 Å². The van der Waals surface area contributed by atoms with Crippen LogP contribution in [0.25, 0.3) is 0 Å². The molecule has 4 nitrogen and oxygen atoms in total. The number of hydrogen-bond acceptors (Lipinski definition) is 3. The lowest BCUT2D eigenvalue weighted by Crippen LogP contribution is -2.28. The molecule has 0 aromatic carbocycles. The summed E-state index contributed by atoms with van der Waals surface area (Å²) in [6, 6.07) is 0.526. The van der Waals surface area contributed by atoms with E-state index >= 15 is 0 Å². The lowest BCUT2D eigenvalue weighted by Gasteiger charge is -2.15. The van der Waals surface area contributed by atoms with Gasteiger partial charge < -0.3 is 5.32 Å². The zero-order valence-electron chi connectivity index (χ0n) is 12.9. The molecule has 0 bridgehead atoms. The van der Waals surface area contributed by atoms with Crippen LogP contribution in [0, 0.1) is 0 Å². The van der Waals surface area contributed by atoms with Gasteiger partial charge >= 0.3 is 0 Å². The second kappa shape index (κ2) is 9.96. The van der Waals surface area contributed by atoms with E-state index < -0.39 is 0 Å². The van der Waals surface area contributed by atoms with Crippen LogP contribution in [0.4, 0.5) is 0 Å². The first-order valence-electron chi connectivity index (χ1n) is 7.78. The Labute approximate surface area is 118 Å². The number of nitrogens with one attached hydrogen (secondary N) is 1. The van der Waals surface area contributed by atoms with Gasteiger partial charge in [-0.1, -0.05) is 51.9 Å². The van der Waals surface area contributed by atoms with Crippen molar-refractivity contribution in [1.82, 2.24) is 20.1 Å². The molecular weight excluding hydrogens is 236 g/mol. The molecule has 1 N–H and O–H groups in total. The SMILES string of the molecule is CCCCCCCCCC(Cc1ncnn1C)NC. The van der Waals surface area contributed by atoms with Gasteiger partial charge in [-0.15, -0.1) is 0 Å². The summed E-state index contributed by atoms with van der Waals surface area (Å²) >= 11 is 0. The number of unbranched alkanes of at least 4 members (excludes halogenated alkanes) is 6. The Morgan fingerprint density at radius 1 is 1.16 bits per heavy atom. The van der Waals surface area contributed by atoms with E-state index in [0.717, 1.165) is 12.2 Å². The summed E-state index contributed by atoms with van der Waals surface area (Å²) in [6.07, 6.45) is 13.4. The lowest BCUT2D eigenvalue weighted by atomic mass is 10.0. The van der Waals surface area contributed by atoms with Crippen molar-refractivity contribution < 1.29 is 0 Å². The highest BCUT2D eigenvalue weighted by Gasteiger charge is 2.10. The first-order chi connectivity index (χ1) is 9.27. The Morgan fingerprint density at radius 2 is 1.84 bits per heavy atom. The van der Waals surface area contributed by atoms with Crippen molar-refractivity contribution in [3.05, 3.63) is 12.2 Å². The van der Waals surface area contributed by atoms with E-state index in [1.165, 1.54) is 51.4 Å². The fourth-order valence-electron chi connectivity index (χ4n) is 2.42. The minimum atomic E-state index is 0.526. The summed E-state index contributed by atoms with van der Waals surface area (Å²) in [5.74, 6) is 1.07. The molecule has 4 heteroatoms. The van der Waals surface area contributed by atoms with Gasteiger partial charge in [0.1, 0.15) is 12.2 Å². The first kappa shape index (κ1) is 16.2. The Morgan fingerprint density at radius 3 is 2.42 bits per heavy atom. The lowest BCUT2D eigenvalue weighted by molar-refractivity contribution is 0.464. The normalized spacial score (nSPS) is 12.8. The molecule has 19 heavy (non-hydrogen) atoms. The van der Waals surface area contributed by atoms with E-state index in [0.29, 0.717) is 6.04 Å². The van der Waals surface area contributed by atoms with Gasteiger partial charge in [-0.3, -0.25) is 4.68 Å². The standard InChI is InChI=1S/C15H30N4/c1-4-5-6-7-8-9-10-11-14(16-2)12-15-17-13-18-19(15)3/h13-14,16H,4-12H2,1-3H3. The average Bonchev–Trinajstić information content (AvgIpc) is 2.81. The van der Waals surface area contributed by atoms with Crippen LogP contribution in [0.2, 0.25) is 0 Å². The predicted octanol–water partition coefficient (Wildman–Crippen LogP) is 3.09. The highest BCUT2D eigenvalue weighted by molar-refractivity contribution is 4.88. The van der Waals surface area contributed by atoms with E-state index in [4.69, 9.17) is 0 Å². The summed E-state index contributed by atoms with van der Waals surface area (Å²) in [5, 5.41) is 7.52. The van der Waals surface area contributed by atoms with Crippen molar-refractivity contribution in [2.45, 2.75) is 70.8 Å². The van der Waals surface area contributed by atoms with Gasteiger partial charge in [0.05, 0.1) is 0 Å². The first-order valence-corrected chi connectivity index (χ1v) is 7.78. The summed E-state index contributed by atoms with van der Waals surface area (Å²) in [5.41, 5.74) is 0. The highest BCUT2D eigenvalue weighted by atomic mass is 15.3. The molecule has 0 radical (unpaired) electrons. The van der Waals surface area contributed by atoms with Crippen molar-refractivity contribution in [2.24, 2.45) is 7.05 Å². The number of aromatic nitrogens is 3. The third-order valence-electron chi connectivity index (χ3n) is 3.80. The zero-order chi connectivity index (χ0) is 13.9. The maximum atomic E-state index is 4.29. The summed E-state index contributed by atoms with van der Waals surface area (Å²) < 4.78 is 1.87. The molecule has 110 valence electrons. The molecule has 1 heterocycles. The highest BCUT2D eigenvalue weighted by Crippen LogP contribution is 2.11. The smallest absolute Gasteiger partial charge is 0.138 e. The van der Waals surface area contributed by atoms with Gasteiger partial charge in [0, 0.05) is 19.5 Å². The maximum absolute atomic E-state index is 4.29. The second-order valence-electron chi connectivity index (χ2n) is 5.40. The fourth-order valence-corrected chi connectivity index (χ4v) is 2.42. The van der Waals surface area contributed by atoms with Crippen molar-refractivity contribution in [3.8, 4) is 0 Å². The Balaban J connectivity index is 2.10. The molecule has 1 unspecified atom stereocenters. The van der Waals surface area contributed by atoms with Crippen LogP contribution in [-0.4, -0.2) is 27.9 Å². The van der Waals surface area contributed by atoms with Gasteiger partial charge in [-0.05, 0) is 13.5 Å². The van der Waals surface area contributed by atoms with Crippen LogP contribution in [0.3, 0.4) is 0 Å². The van der Waals surface area contributed by atoms with Crippen molar-refractivity contribution in [3.63, 3.8) is 0 Å². The molecule has 0 saturated carbocycles. The Hall–Kier alpha value is -0.900. The fraction of sp³-hybridized carbons (Fsp3) is 0.867. The summed E-state index contributed by atoms with van der Waals surface area (Å²) in [4.78, 5) is 4.29. The number of aryl methyl sites for hydroxylation is 1. The molecule has 0 amide bonds. The molecule has 1 rings (SSSR count). The zero-order valence-corrected chi connectivity index (χ0v) is 12.9. The molecule has 0 fully saturated rings. The van der Waals surface area contributed by atoms with E-state index in [1.807, 2.05) is 18.8 Å². The predicted molar refractivity (Wildman–Crippen MR) is 80.2 cm³/mol. The van der Waals surface area contributed by atoms with Crippen LogP contribution in [0.5, 0.6) is 0 Å². The molecule has 0 saturated heterocycles. The quantitative estimate of drug-likeness (QED) is 0.626. The molecular formula is C15H30N4. The number of hydrogen-bond donors (Lipinski definition) is 1. The minimum Gasteiger partial charge on any atom is -0.317 e. The number of nitrogens with zero attached hydrogens (tertiary/aromatic N) is 3. The van der Waals surface area contributed by atoms with Gasteiger partial charge in [-0.2, -0.15) is 5.10 Å². The van der Waals surface area contributed by atoms with Crippen LogP contribution < -0.4 is 5.32 Å². The third kappa shape index (κ3) is 6.71. The van der Waals surface area contributed by atoms with E-state index in [9.17, 15) is 0 Å². The maximum Gasteiger partial charge on any atom is 0.138 e. The average molecular weight is 266 g/mol. The van der Waals surface area contributed by atoms with Crippen LogP contribution in [0.15, 0.2) is 6.33 Å². The molecule has 0 aliphatic carbocycles. The molecule has 1 atom stereocenters. The number of likely N-dealkylation sites (N-methyl/N-ethyl adjacent to an activating group) is 1. The van der Waals surface area contributed by atoms with Crippen LogP contribution in [0.1, 0.15) is 64.1 Å². The van der Waals surface area contributed by atoms with Crippen LogP contribution in [-0.2, 0) is 13.5 Å². The van der Waals surface area contributed by atoms with Crippen molar-refractivity contribution >= 4 is 0 Å². The molecule has 0 aliphatic rings. The topological polar surface area (TPSA) is 42.7 Å². The second-order valence-corrected chi connectivity index (χ2v) is 5.40. The number of rotatable bonds is 11. The van der Waals surface area contributed by atoms with Gasteiger partial charge in [0.2, 0.25) is 0 Å². The molecule has 0 spiro atoms. The van der Waals surface area contributed by atoms with Gasteiger partial charge in [0.25, 0.3) is 0 Å². The monoisotopic (exact) mass is 266 g/mol. The van der Waals surface area contributed by atoms with Gasteiger partial charge in [-0.25, -0.2) is 4.98 Å². The Bertz CT molecular complexity index is 322.